The Hall–Kier alpha value is -8.15. The average Bonchev–Trinajstić information content (AvgIpc) is 1.12. The summed E-state index contributed by atoms with van der Waals surface area (Å²) in [7, 11) is 10.8. The average molecular weight is 1570 g/mol. The summed E-state index contributed by atoms with van der Waals surface area (Å²) in [5.74, 6) is 6.45. The molecule has 5 aromatic carbocycles. The zero-order chi connectivity index (χ0) is 83.5. The first-order valence-corrected chi connectivity index (χ1v) is 46.6. The van der Waals surface area contributed by atoms with Crippen molar-refractivity contribution in [2.45, 2.75) is 301 Å². The van der Waals surface area contributed by atoms with Gasteiger partial charge in [-0.3, -0.25) is 0 Å². The van der Waals surface area contributed by atoms with Crippen LogP contribution in [0, 0.1) is 77.0 Å². The van der Waals surface area contributed by atoms with Crippen molar-refractivity contribution in [2.75, 3.05) is 0 Å². The number of rotatable bonds is 21. The lowest BCUT2D eigenvalue weighted by atomic mass is 9.84. The Bertz CT molecular complexity index is 4850. The zero-order valence-electron chi connectivity index (χ0n) is 77.0. The highest BCUT2D eigenvalue weighted by atomic mass is 14.9. The van der Waals surface area contributed by atoms with Crippen LogP contribution in [0.4, 0.5) is 0 Å². The lowest BCUT2D eigenvalue weighted by molar-refractivity contribution is -0.660. The molecule has 5 nitrogen and oxygen atoms in total. The fraction of sp³-hybridized carbons (Fsp3) is 0.509. The number of pyridine rings is 5. The molecule has 117 heavy (non-hydrogen) atoms. The van der Waals surface area contributed by atoms with Gasteiger partial charge in [-0.15, -0.1) is 0 Å². The van der Waals surface area contributed by atoms with E-state index < -0.39 is 0 Å². The third-order valence-corrected chi connectivity index (χ3v) is 27.5. The number of aryl methyl sites for hydroxylation is 11. The normalized spacial score (nSPS) is 15.5. The Morgan fingerprint density at radius 3 is 0.880 bits per heavy atom. The zero-order valence-corrected chi connectivity index (χ0v) is 77.0. The van der Waals surface area contributed by atoms with Gasteiger partial charge in [0.1, 0.15) is 35.2 Å². The number of aromatic nitrogens is 5. The fourth-order valence-corrected chi connectivity index (χ4v) is 19.9. The summed E-state index contributed by atoms with van der Waals surface area (Å²) < 4.78 is 11.4. The second-order valence-corrected chi connectivity index (χ2v) is 39.1. The maximum atomic E-state index is 2.45. The molecule has 5 aliphatic rings. The lowest BCUT2D eigenvalue weighted by Crippen LogP contribution is -2.31. The number of nitrogens with zero attached hydrogens (tertiary/aromatic N) is 5. The molecule has 5 aliphatic carbocycles. The standard InChI is InChI=1S/C24H34N.2C23H32N.C22H30N.C20H26N/c1-5-21(6-2)22-12-11-18(3)23(17-22)24-16-20(13-14-25(24)4)15-19-9-7-8-10-19;1-17-10-11-20(23(2,3)4)16-21(17)22-15-19(12-13-24(22)5)14-18-8-6-7-9-18;1-17(2)13-20-10-9-18(3)22(15-20)23-16-21(11-12-24(23)4)14-19-7-5-6-8-19;1-16(2)20-10-9-17(3)21(15-20)22-14-19(11-12-23(22)4)13-18-7-5-6-8-18;1-15-8-9-16(2)19(12-15)20-14-18(10-11-21(20)3)13-17-6-4-5-7-17/h11-14,16-17,19,21H,5-10,15H2,1-4H3;10-13,15-16,18H,6-9,14H2,1-5H3;9-12,15-17,19H,5-8,13-14H2,1-4H3;9-12,14-16,18H,5-8,13H2,1-4H3;8-12,14,17H,4-7,13H2,1-3H3/q5*+1. The molecule has 0 atom stereocenters. The lowest BCUT2D eigenvalue weighted by Gasteiger charge is -2.20. The highest BCUT2D eigenvalue weighted by Crippen LogP contribution is 2.38. The summed E-state index contributed by atoms with van der Waals surface area (Å²) in [5, 5.41) is 0. The fourth-order valence-electron chi connectivity index (χ4n) is 19.9. The van der Waals surface area contributed by atoms with Gasteiger partial charge in [-0.1, -0.05) is 257 Å². The molecular formula is C112H154N5+5. The van der Waals surface area contributed by atoms with E-state index >= 15 is 0 Å². The number of benzene rings is 5. The van der Waals surface area contributed by atoms with Crippen LogP contribution in [-0.2, 0) is 79.2 Å². The molecule has 10 aromatic rings. The first-order valence-electron chi connectivity index (χ1n) is 46.6. The molecule has 0 amide bonds. The van der Waals surface area contributed by atoms with Crippen LogP contribution in [0.1, 0.15) is 299 Å². The highest BCUT2D eigenvalue weighted by molar-refractivity contribution is 5.67. The Morgan fingerprint density at radius 1 is 0.299 bits per heavy atom. The molecule has 15 rings (SSSR count). The molecule has 0 radical (unpaired) electrons. The van der Waals surface area contributed by atoms with Gasteiger partial charge < -0.3 is 0 Å². The van der Waals surface area contributed by atoms with Crippen molar-refractivity contribution in [3.63, 3.8) is 0 Å². The molecule has 5 heteroatoms. The Labute approximate surface area is 712 Å². The molecule has 5 heterocycles. The van der Waals surface area contributed by atoms with Crippen molar-refractivity contribution in [3.8, 4) is 56.3 Å². The van der Waals surface area contributed by atoms with Crippen molar-refractivity contribution in [3.05, 3.63) is 266 Å². The van der Waals surface area contributed by atoms with Crippen LogP contribution in [-0.4, -0.2) is 0 Å². The smallest absolute Gasteiger partial charge is 0.201 e. The maximum Gasteiger partial charge on any atom is 0.212 e. The molecule has 0 spiro atoms. The Morgan fingerprint density at radius 2 is 0.573 bits per heavy atom. The predicted molar refractivity (Wildman–Crippen MR) is 497 cm³/mol. The van der Waals surface area contributed by atoms with E-state index in [0.29, 0.717) is 17.8 Å². The van der Waals surface area contributed by atoms with Gasteiger partial charge in [-0.2, -0.15) is 0 Å². The molecular weight excluding hydrogens is 1420 g/mol. The van der Waals surface area contributed by atoms with Crippen LogP contribution < -0.4 is 22.8 Å². The molecule has 5 fully saturated rings. The Kier molecular flexibility index (Phi) is 32.7. The van der Waals surface area contributed by atoms with E-state index in [1.54, 1.807) is 0 Å². The van der Waals surface area contributed by atoms with Gasteiger partial charge in [-0.05, 0) is 254 Å². The van der Waals surface area contributed by atoms with Crippen LogP contribution in [0.15, 0.2) is 183 Å². The van der Waals surface area contributed by atoms with E-state index in [-0.39, 0.29) is 5.41 Å². The summed E-state index contributed by atoms with van der Waals surface area (Å²) in [4.78, 5) is 0. The van der Waals surface area contributed by atoms with Crippen LogP contribution in [0.3, 0.4) is 0 Å². The second-order valence-electron chi connectivity index (χ2n) is 39.1. The minimum atomic E-state index is 0.183. The predicted octanol–water partition coefficient (Wildman–Crippen LogP) is 26.9. The minimum Gasteiger partial charge on any atom is -0.201 e. The van der Waals surface area contributed by atoms with Crippen LogP contribution >= 0.6 is 0 Å². The monoisotopic (exact) mass is 1570 g/mol. The van der Waals surface area contributed by atoms with Crippen LogP contribution in [0.5, 0.6) is 0 Å². The third-order valence-electron chi connectivity index (χ3n) is 27.5. The molecule has 0 saturated heterocycles. The van der Waals surface area contributed by atoms with E-state index in [9.17, 15) is 0 Å². The van der Waals surface area contributed by atoms with Gasteiger partial charge in [0, 0.05) is 88.5 Å². The van der Waals surface area contributed by atoms with E-state index in [1.165, 1.54) is 313 Å². The first-order chi connectivity index (χ1) is 56.2. The molecule has 0 unspecified atom stereocenters. The van der Waals surface area contributed by atoms with Crippen molar-refractivity contribution >= 4 is 0 Å². The van der Waals surface area contributed by atoms with Gasteiger partial charge in [0.15, 0.2) is 31.0 Å². The summed E-state index contributed by atoms with van der Waals surface area (Å²) in [6.45, 7) is 33.9. The highest BCUT2D eigenvalue weighted by Gasteiger charge is 2.27. The number of hydrogen-bond donors (Lipinski definition) is 0. The van der Waals surface area contributed by atoms with Crippen LogP contribution in [0.25, 0.3) is 56.3 Å². The molecule has 5 aromatic heterocycles. The molecule has 0 N–H and O–H groups in total. The van der Waals surface area contributed by atoms with E-state index in [2.05, 4.69) is 345 Å². The molecule has 5 saturated carbocycles. The summed E-state index contributed by atoms with van der Waals surface area (Å²) in [5.41, 5.74) is 35.3. The minimum absolute atomic E-state index is 0.183. The van der Waals surface area contributed by atoms with Crippen molar-refractivity contribution in [1.29, 1.82) is 0 Å². The molecule has 0 bridgehead atoms. The summed E-state index contributed by atoms with van der Waals surface area (Å²) in [6, 6.07) is 58.4. The van der Waals surface area contributed by atoms with E-state index in [4.69, 9.17) is 0 Å². The second kappa shape index (κ2) is 42.7. The van der Waals surface area contributed by atoms with E-state index in [1.807, 2.05) is 0 Å². The van der Waals surface area contributed by atoms with Crippen LogP contribution in [0.2, 0.25) is 0 Å². The van der Waals surface area contributed by atoms with Gasteiger partial charge in [0.2, 0.25) is 28.5 Å². The Balaban J connectivity index is 0.000000144. The largest absolute Gasteiger partial charge is 0.212 e. The SMILES string of the molecule is CCC(CC)c1ccc(C)c(-c2cc(CC3CCCC3)cc[n+]2C)c1.Cc1ccc(C(C)(C)C)cc1-c1cc(CC2CCCC2)cc[n+]1C.Cc1ccc(C(C)C)cc1-c1cc(CC2CCCC2)cc[n+]1C.Cc1ccc(C)c(-c2cc(CC3CCCC3)cc[n+]2C)c1.Cc1ccc(CC(C)C)cc1-c1cc(CC2CCCC2)cc[n+]1C. The first kappa shape index (κ1) is 89.6. The summed E-state index contributed by atoms with van der Waals surface area (Å²) in [6.07, 6.45) is 49.4. The quantitative estimate of drug-likeness (QED) is 0.0639. The maximum absolute atomic E-state index is 2.45. The molecule has 0 aliphatic heterocycles. The van der Waals surface area contributed by atoms with Gasteiger partial charge in [0.25, 0.3) is 0 Å². The van der Waals surface area contributed by atoms with Crippen molar-refractivity contribution in [1.82, 2.24) is 0 Å². The van der Waals surface area contributed by atoms with Gasteiger partial charge >= 0.3 is 0 Å². The van der Waals surface area contributed by atoms with Crippen molar-refractivity contribution < 1.29 is 22.8 Å². The topological polar surface area (TPSA) is 19.4 Å². The van der Waals surface area contributed by atoms with E-state index in [0.717, 1.165) is 36.0 Å². The third kappa shape index (κ3) is 25.2. The van der Waals surface area contributed by atoms with Gasteiger partial charge in [-0.25, -0.2) is 22.8 Å². The molecule has 622 valence electrons. The van der Waals surface area contributed by atoms with Gasteiger partial charge in [0.05, 0.1) is 0 Å². The summed E-state index contributed by atoms with van der Waals surface area (Å²) >= 11 is 0. The van der Waals surface area contributed by atoms with Crippen molar-refractivity contribution in [2.24, 2.45) is 70.7 Å². The number of hydrogen-bond acceptors (Lipinski definition) is 0.